The topological polar surface area (TPSA) is 72.3 Å². The molecule has 1 spiro atoms. The number of rotatable bonds is 3. The predicted molar refractivity (Wildman–Crippen MR) is 119 cm³/mol. The lowest BCUT2D eigenvalue weighted by Gasteiger charge is -2.41. The molecule has 3 heterocycles. The van der Waals surface area contributed by atoms with Crippen LogP contribution in [0.15, 0.2) is 30.5 Å². The number of carbonyl (C=O) groups excluding carboxylic acids is 1. The van der Waals surface area contributed by atoms with Gasteiger partial charge in [0.1, 0.15) is 18.1 Å². The van der Waals surface area contributed by atoms with E-state index < -0.39 is 0 Å². The minimum Gasteiger partial charge on any atom is -0.487 e. The van der Waals surface area contributed by atoms with Crippen LogP contribution in [0.3, 0.4) is 0 Å². The first kappa shape index (κ1) is 21.8. The molecule has 2 bridgehead atoms. The van der Waals surface area contributed by atoms with E-state index in [1.54, 1.807) is 0 Å². The lowest BCUT2D eigenvalue weighted by Crippen LogP contribution is -2.49. The van der Waals surface area contributed by atoms with Crippen molar-refractivity contribution < 1.29 is 9.53 Å². The molecule has 7 nitrogen and oxygen atoms in total. The summed E-state index contributed by atoms with van der Waals surface area (Å²) in [5.41, 5.74) is 1.51. The maximum atomic E-state index is 13.5. The Balaban J connectivity index is 1.51. The van der Waals surface area contributed by atoms with E-state index in [4.69, 9.17) is 4.74 Å². The summed E-state index contributed by atoms with van der Waals surface area (Å²) in [6, 6.07) is 7.89. The third-order valence-electron chi connectivity index (χ3n) is 6.73. The van der Waals surface area contributed by atoms with E-state index in [9.17, 15) is 4.79 Å². The highest BCUT2D eigenvalue weighted by Gasteiger charge is 2.40. The van der Waals surface area contributed by atoms with Crippen molar-refractivity contribution in [2.75, 3.05) is 19.6 Å². The Labute approximate surface area is 185 Å². The van der Waals surface area contributed by atoms with Crippen LogP contribution in [0.1, 0.15) is 57.2 Å². The van der Waals surface area contributed by atoms with Crippen molar-refractivity contribution in [3.05, 3.63) is 41.7 Å². The van der Waals surface area contributed by atoms with Gasteiger partial charge in [0.25, 0.3) is 0 Å². The van der Waals surface area contributed by atoms with Crippen LogP contribution < -0.4 is 10.1 Å². The fraction of sp³-hybridized carbons (Fsp3) is 0.625. The number of nitrogens with one attached hydrogen (secondary N) is 1. The Morgan fingerprint density at radius 2 is 1.97 bits per heavy atom. The molecule has 4 rings (SSSR count). The minimum atomic E-state index is -0.308. The molecule has 168 valence electrons. The molecule has 31 heavy (non-hydrogen) atoms. The SMILES string of the molecule is CC(C)CCN1CCC2(CCCn3cc(nn3)COc3ccccc3CNC2=O)CC1. The largest absolute Gasteiger partial charge is 0.487 e. The van der Waals surface area contributed by atoms with Crippen LogP contribution in [-0.4, -0.2) is 45.4 Å². The van der Waals surface area contributed by atoms with Crippen LogP contribution in [0.4, 0.5) is 0 Å². The number of ether oxygens (including phenoxy) is 1. The number of benzene rings is 1. The second-order valence-electron chi connectivity index (χ2n) is 9.46. The molecule has 0 unspecified atom stereocenters. The van der Waals surface area contributed by atoms with Crippen molar-refractivity contribution in [3.8, 4) is 5.75 Å². The van der Waals surface area contributed by atoms with Crippen molar-refractivity contribution in [2.24, 2.45) is 11.3 Å². The zero-order chi connectivity index (χ0) is 21.7. The summed E-state index contributed by atoms with van der Waals surface area (Å²) in [4.78, 5) is 16.0. The molecule has 0 aliphatic carbocycles. The Morgan fingerprint density at radius 1 is 1.16 bits per heavy atom. The molecule has 2 aliphatic rings. The second kappa shape index (κ2) is 9.81. The predicted octanol–water partition coefficient (Wildman–Crippen LogP) is 3.40. The Morgan fingerprint density at radius 3 is 2.77 bits per heavy atom. The van der Waals surface area contributed by atoms with Gasteiger partial charge in [0, 0.05) is 18.7 Å². The molecule has 1 aromatic carbocycles. The number of para-hydroxylation sites is 1. The molecule has 0 saturated carbocycles. The molecule has 1 saturated heterocycles. The maximum absolute atomic E-state index is 13.5. The lowest BCUT2D eigenvalue weighted by molar-refractivity contribution is -0.134. The van der Waals surface area contributed by atoms with E-state index in [0.717, 1.165) is 68.9 Å². The first-order chi connectivity index (χ1) is 15.0. The fourth-order valence-corrected chi connectivity index (χ4v) is 4.63. The van der Waals surface area contributed by atoms with Crippen LogP contribution in [0, 0.1) is 11.3 Å². The fourth-order valence-electron chi connectivity index (χ4n) is 4.63. The monoisotopic (exact) mass is 425 g/mol. The van der Waals surface area contributed by atoms with E-state index in [0.29, 0.717) is 19.1 Å². The van der Waals surface area contributed by atoms with E-state index >= 15 is 0 Å². The number of aryl methyl sites for hydroxylation is 1. The average Bonchev–Trinajstić information content (AvgIpc) is 3.23. The molecule has 2 aromatic rings. The van der Waals surface area contributed by atoms with Crippen LogP contribution in [0.25, 0.3) is 0 Å². The number of likely N-dealkylation sites (tertiary alicyclic amines) is 1. The summed E-state index contributed by atoms with van der Waals surface area (Å²) in [7, 11) is 0. The number of fused-ring (bicyclic) bond motifs is 3. The molecule has 2 aliphatic heterocycles. The van der Waals surface area contributed by atoms with Gasteiger partial charge < -0.3 is 15.0 Å². The van der Waals surface area contributed by atoms with Crippen LogP contribution in [0.5, 0.6) is 5.75 Å². The summed E-state index contributed by atoms with van der Waals surface area (Å²) in [5.74, 6) is 1.68. The summed E-state index contributed by atoms with van der Waals surface area (Å²) >= 11 is 0. The molecule has 0 atom stereocenters. The average molecular weight is 426 g/mol. The van der Waals surface area contributed by atoms with Gasteiger partial charge in [-0.05, 0) is 63.7 Å². The molecular weight excluding hydrogens is 390 g/mol. The van der Waals surface area contributed by atoms with Crippen molar-refractivity contribution in [3.63, 3.8) is 0 Å². The number of amides is 1. The molecule has 1 fully saturated rings. The smallest absolute Gasteiger partial charge is 0.226 e. The van der Waals surface area contributed by atoms with Gasteiger partial charge in [-0.1, -0.05) is 37.3 Å². The number of aromatic nitrogens is 3. The van der Waals surface area contributed by atoms with E-state index in [1.165, 1.54) is 6.42 Å². The third kappa shape index (κ3) is 5.45. The Hall–Kier alpha value is -2.41. The van der Waals surface area contributed by atoms with Crippen molar-refractivity contribution in [2.45, 2.75) is 65.6 Å². The minimum absolute atomic E-state index is 0.183. The van der Waals surface area contributed by atoms with Crippen molar-refractivity contribution in [1.29, 1.82) is 0 Å². The number of hydrogen-bond donors (Lipinski definition) is 1. The third-order valence-corrected chi connectivity index (χ3v) is 6.73. The first-order valence-corrected chi connectivity index (χ1v) is 11.6. The standard InChI is InChI=1S/C24H35N5O2/c1-19(2)8-13-28-14-10-24(11-15-28)9-5-12-29-17-21(26-27-29)18-31-22-7-4-3-6-20(22)16-25-23(24)30/h3-4,6-7,17,19H,5,8-16,18H2,1-2H3,(H,25,30). The van der Waals surface area contributed by atoms with Gasteiger partial charge in [0.2, 0.25) is 5.91 Å². The van der Waals surface area contributed by atoms with Gasteiger partial charge in [0.15, 0.2) is 0 Å². The van der Waals surface area contributed by atoms with E-state index in [2.05, 4.69) is 34.4 Å². The Bertz CT molecular complexity index is 870. The van der Waals surface area contributed by atoms with Gasteiger partial charge in [-0.2, -0.15) is 0 Å². The van der Waals surface area contributed by atoms with Crippen LogP contribution >= 0.6 is 0 Å². The summed E-state index contributed by atoms with van der Waals surface area (Å²) in [6.45, 7) is 9.29. The number of carbonyl (C=O) groups is 1. The van der Waals surface area contributed by atoms with E-state index in [-0.39, 0.29) is 11.3 Å². The normalized spacial score (nSPS) is 20.0. The lowest BCUT2D eigenvalue weighted by atomic mass is 9.73. The molecule has 1 N–H and O–H groups in total. The van der Waals surface area contributed by atoms with Crippen molar-refractivity contribution in [1.82, 2.24) is 25.2 Å². The number of piperidine rings is 1. The molecule has 0 radical (unpaired) electrons. The second-order valence-corrected chi connectivity index (χ2v) is 9.46. The zero-order valence-electron chi connectivity index (χ0n) is 18.8. The summed E-state index contributed by atoms with van der Waals surface area (Å²) in [5, 5.41) is 11.7. The van der Waals surface area contributed by atoms with Crippen LogP contribution in [0.2, 0.25) is 0 Å². The molecular formula is C24H35N5O2. The highest BCUT2D eigenvalue weighted by atomic mass is 16.5. The summed E-state index contributed by atoms with van der Waals surface area (Å²) in [6.07, 6.45) is 6.79. The van der Waals surface area contributed by atoms with Crippen molar-refractivity contribution >= 4 is 5.91 Å². The van der Waals surface area contributed by atoms with Gasteiger partial charge in [-0.15, -0.1) is 5.10 Å². The Kier molecular flexibility index (Phi) is 6.90. The van der Waals surface area contributed by atoms with Gasteiger partial charge >= 0.3 is 0 Å². The van der Waals surface area contributed by atoms with Crippen LogP contribution in [-0.2, 0) is 24.5 Å². The summed E-state index contributed by atoms with van der Waals surface area (Å²) < 4.78 is 7.86. The van der Waals surface area contributed by atoms with E-state index in [1.807, 2.05) is 35.1 Å². The number of hydrogen-bond acceptors (Lipinski definition) is 5. The van der Waals surface area contributed by atoms with Gasteiger partial charge in [-0.3, -0.25) is 9.48 Å². The zero-order valence-corrected chi connectivity index (χ0v) is 18.8. The van der Waals surface area contributed by atoms with Gasteiger partial charge in [-0.25, -0.2) is 0 Å². The highest BCUT2D eigenvalue weighted by Crippen LogP contribution is 2.37. The quantitative estimate of drug-likeness (QED) is 0.816. The molecule has 1 amide bonds. The maximum Gasteiger partial charge on any atom is 0.226 e. The number of nitrogens with zero attached hydrogens (tertiary/aromatic N) is 4. The first-order valence-electron chi connectivity index (χ1n) is 11.6. The highest BCUT2D eigenvalue weighted by molar-refractivity contribution is 5.82. The molecule has 1 aromatic heterocycles. The van der Waals surface area contributed by atoms with Gasteiger partial charge in [0.05, 0.1) is 11.6 Å². The molecule has 7 heteroatoms.